The number of halogens is 2. The monoisotopic (exact) mass is 466 g/mol. The Morgan fingerprint density at radius 2 is 1.94 bits per heavy atom. The number of nitrogens with zero attached hydrogens (tertiary/aromatic N) is 3. The maximum Gasteiger partial charge on any atom is 0.322 e. The second-order valence-electron chi connectivity index (χ2n) is 9.90. The molecule has 2 aromatic rings. The van der Waals surface area contributed by atoms with Crippen molar-refractivity contribution in [2.24, 2.45) is 11.8 Å². The molecule has 0 spiro atoms. The largest absolute Gasteiger partial charge is 0.322 e. The molecular formula is C26H28ClFN4O. The SMILES string of the molecule is CN(C)CCCCN(C(=O)Nc1ccc(F)c(Cl)c1)C12CCC3(c4cccc(C#N)c4)C1[C@@H]32. The molecule has 0 saturated heterocycles. The second kappa shape index (κ2) is 8.00. The molecule has 4 saturated carbocycles. The van der Waals surface area contributed by atoms with Crippen LogP contribution in [0.2, 0.25) is 5.02 Å². The van der Waals surface area contributed by atoms with Gasteiger partial charge in [-0.3, -0.25) is 0 Å². The van der Waals surface area contributed by atoms with Crippen molar-refractivity contribution >= 4 is 23.3 Å². The van der Waals surface area contributed by atoms with Gasteiger partial charge in [0, 0.05) is 17.6 Å². The van der Waals surface area contributed by atoms with E-state index in [0.717, 1.165) is 32.2 Å². The normalized spacial score (nSPS) is 28.2. The zero-order valence-electron chi connectivity index (χ0n) is 18.9. The van der Waals surface area contributed by atoms with Gasteiger partial charge in [0.2, 0.25) is 0 Å². The van der Waals surface area contributed by atoms with Crippen LogP contribution in [0.5, 0.6) is 0 Å². The number of fused-ring (bicyclic) bond motifs is 1. The van der Waals surface area contributed by atoms with E-state index < -0.39 is 5.82 Å². The summed E-state index contributed by atoms with van der Waals surface area (Å²) >= 11 is 5.92. The first-order valence-corrected chi connectivity index (χ1v) is 11.9. The van der Waals surface area contributed by atoms with Crippen LogP contribution in [-0.4, -0.2) is 48.6 Å². The minimum Gasteiger partial charge on any atom is -0.318 e. The molecule has 0 aliphatic heterocycles. The summed E-state index contributed by atoms with van der Waals surface area (Å²) in [6.45, 7) is 1.67. The number of nitriles is 1. The minimum atomic E-state index is -0.502. The maximum absolute atomic E-state index is 13.6. The van der Waals surface area contributed by atoms with Gasteiger partial charge in [-0.05, 0) is 94.1 Å². The van der Waals surface area contributed by atoms with E-state index in [2.05, 4.69) is 36.4 Å². The molecular weight excluding hydrogens is 439 g/mol. The Kier molecular flexibility index (Phi) is 5.38. The lowest BCUT2D eigenvalue weighted by Gasteiger charge is -2.36. The fourth-order valence-electron chi connectivity index (χ4n) is 6.51. The van der Waals surface area contributed by atoms with E-state index in [1.54, 1.807) is 6.07 Å². The number of hydrogen-bond acceptors (Lipinski definition) is 3. The molecule has 3 unspecified atom stereocenters. The van der Waals surface area contributed by atoms with E-state index in [1.165, 1.54) is 17.7 Å². The van der Waals surface area contributed by atoms with E-state index in [4.69, 9.17) is 11.6 Å². The van der Waals surface area contributed by atoms with Crippen molar-refractivity contribution in [3.63, 3.8) is 0 Å². The highest BCUT2D eigenvalue weighted by Crippen LogP contribution is 2.93. The van der Waals surface area contributed by atoms with E-state index >= 15 is 0 Å². The van der Waals surface area contributed by atoms with E-state index in [-0.39, 0.29) is 22.0 Å². The molecule has 33 heavy (non-hydrogen) atoms. The number of carbonyl (C=O) groups excluding carboxylic acids is 1. The second-order valence-corrected chi connectivity index (χ2v) is 10.3. The van der Waals surface area contributed by atoms with Gasteiger partial charge in [-0.1, -0.05) is 23.7 Å². The van der Waals surface area contributed by atoms with Crippen molar-refractivity contribution in [3.8, 4) is 6.07 Å². The van der Waals surface area contributed by atoms with Gasteiger partial charge in [-0.15, -0.1) is 0 Å². The first-order chi connectivity index (χ1) is 15.8. The molecule has 0 heterocycles. The van der Waals surface area contributed by atoms with Crippen LogP contribution in [0.4, 0.5) is 14.9 Å². The third-order valence-corrected chi connectivity index (χ3v) is 8.22. The van der Waals surface area contributed by atoms with Gasteiger partial charge in [-0.2, -0.15) is 5.26 Å². The summed E-state index contributed by atoms with van der Waals surface area (Å²) in [4.78, 5) is 17.6. The van der Waals surface area contributed by atoms with Crippen LogP contribution in [0.15, 0.2) is 42.5 Å². The standard InChI is InChI=1S/C26H28ClFN4O/c1-31(2)12-3-4-13-32(24(33)30-19-8-9-21(28)20(27)15-19)26-11-10-25(22(26)23(25)26)18-7-5-6-17(14-18)16-29/h5-9,14-15,22-23H,3-4,10-13H2,1-2H3,(H,30,33)/t22-,23?,25?,26?/m0/s1. The Labute approximate surface area is 199 Å². The molecule has 2 aromatic carbocycles. The molecule has 4 fully saturated rings. The van der Waals surface area contributed by atoms with Crippen molar-refractivity contribution in [1.82, 2.24) is 9.80 Å². The summed E-state index contributed by atoms with van der Waals surface area (Å²) in [5, 5.41) is 12.3. The fraction of sp³-hybridized carbons (Fsp3) is 0.462. The van der Waals surface area contributed by atoms with Crippen molar-refractivity contribution in [3.05, 3.63) is 64.4 Å². The van der Waals surface area contributed by atoms with Crippen molar-refractivity contribution in [2.45, 2.75) is 36.6 Å². The minimum absolute atomic E-state index is 0.00461. The number of urea groups is 1. The number of nitrogens with one attached hydrogen (secondary N) is 1. The number of unbranched alkanes of at least 4 members (excludes halogenated alkanes) is 1. The van der Waals surface area contributed by atoms with Crippen molar-refractivity contribution < 1.29 is 9.18 Å². The summed E-state index contributed by atoms with van der Waals surface area (Å²) in [5.41, 5.74) is 2.45. The van der Waals surface area contributed by atoms with Gasteiger partial charge in [0.15, 0.2) is 0 Å². The molecule has 172 valence electrons. The van der Waals surface area contributed by atoms with Crippen LogP contribution >= 0.6 is 11.6 Å². The average molecular weight is 467 g/mol. The first-order valence-electron chi connectivity index (χ1n) is 11.5. The first kappa shape index (κ1) is 22.2. The maximum atomic E-state index is 13.6. The van der Waals surface area contributed by atoms with Gasteiger partial charge in [0.05, 0.1) is 22.2 Å². The summed E-state index contributed by atoms with van der Waals surface area (Å²) < 4.78 is 13.6. The number of hydrogen-bond donors (Lipinski definition) is 1. The van der Waals surface area contributed by atoms with Gasteiger partial charge in [-0.25, -0.2) is 9.18 Å². The lowest BCUT2D eigenvalue weighted by Crippen LogP contribution is -2.49. The highest BCUT2D eigenvalue weighted by molar-refractivity contribution is 6.31. The molecule has 4 aliphatic carbocycles. The van der Waals surface area contributed by atoms with E-state index in [9.17, 15) is 14.4 Å². The molecule has 5 nitrogen and oxygen atoms in total. The Bertz CT molecular complexity index is 1130. The molecule has 2 bridgehead atoms. The van der Waals surface area contributed by atoms with Gasteiger partial charge >= 0.3 is 6.03 Å². The van der Waals surface area contributed by atoms with E-state index in [0.29, 0.717) is 29.6 Å². The van der Waals surface area contributed by atoms with Crippen LogP contribution < -0.4 is 5.32 Å². The molecule has 1 N–H and O–H groups in total. The zero-order valence-corrected chi connectivity index (χ0v) is 19.7. The lowest BCUT2D eigenvalue weighted by atomic mass is 9.84. The number of carbonyl (C=O) groups is 1. The average Bonchev–Trinajstić information content (AvgIpc) is 3.59. The molecule has 4 atom stereocenters. The van der Waals surface area contributed by atoms with Gasteiger partial charge in [0.1, 0.15) is 5.82 Å². The quantitative estimate of drug-likeness (QED) is 0.540. The number of benzene rings is 2. The third-order valence-electron chi connectivity index (χ3n) is 7.93. The number of anilines is 1. The zero-order chi connectivity index (χ0) is 23.4. The van der Waals surface area contributed by atoms with Gasteiger partial charge in [0.25, 0.3) is 0 Å². The molecule has 7 heteroatoms. The Hall–Kier alpha value is -2.62. The number of rotatable bonds is 8. The molecule has 2 amide bonds. The van der Waals surface area contributed by atoms with Crippen LogP contribution in [0.25, 0.3) is 0 Å². The third kappa shape index (κ3) is 3.41. The summed E-state index contributed by atoms with van der Waals surface area (Å²) in [6.07, 6.45) is 3.96. The van der Waals surface area contributed by atoms with Crippen LogP contribution in [0.1, 0.15) is 36.8 Å². The van der Waals surface area contributed by atoms with Crippen LogP contribution in [0, 0.1) is 29.0 Å². The predicted molar refractivity (Wildman–Crippen MR) is 127 cm³/mol. The lowest BCUT2D eigenvalue weighted by molar-refractivity contribution is 0.152. The molecule has 4 aliphatic rings. The molecule has 0 aromatic heterocycles. The Balaban J connectivity index is 1.34. The van der Waals surface area contributed by atoms with E-state index in [1.807, 2.05) is 23.1 Å². The van der Waals surface area contributed by atoms with Gasteiger partial charge < -0.3 is 15.1 Å². The van der Waals surface area contributed by atoms with Crippen molar-refractivity contribution in [1.29, 1.82) is 5.26 Å². The highest BCUT2D eigenvalue weighted by Gasteiger charge is 2.97. The molecule has 6 rings (SSSR count). The predicted octanol–water partition coefficient (Wildman–Crippen LogP) is 5.26. The smallest absolute Gasteiger partial charge is 0.318 e. The molecule has 0 radical (unpaired) electrons. The highest BCUT2D eigenvalue weighted by atomic mass is 35.5. The van der Waals surface area contributed by atoms with Crippen molar-refractivity contribution in [2.75, 3.05) is 32.5 Å². The Morgan fingerprint density at radius 3 is 2.64 bits per heavy atom. The summed E-state index contributed by atoms with van der Waals surface area (Å²) in [5.74, 6) is 0.406. The van der Waals surface area contributed by atoms with Crippen LogP contribution in [-0.2, 0) is 5.41 Å². The summed E-state index contributed by atoms with van der Waals surface area (Å²) in [7, 11) is 4.11. The Morgan fingerprint density at radius 1 is 1.18 bits per heavy atom. The topological polar surface area (TPSA) is 59.4 Å². The van der Waals surface area contributed by atoms with Crippen LogP contribution in [0.3, 0.4) is 0 Å². The summed E-state index contributed by atoms with van der Waals surface area (Å²) in [6, 6.07) is 14.3. The fourth-order valence-corrected chi connectivity index (χ4v) is 6.69. The number of amides is 2.